The van der Waals surface area contributed by atoms with Crippen molar-refractivity contribution in [3.05, 3.63) is 0 Å². The number of amides is 1. The van der Waals surface area contributed by atoms with E-state index < -0.39 is 12.1 Å². The number of carboxylic acids is 1. The van der Waals surface area contributed by atoms with E-state index in [9.17, 15) is 19.8 Å². The van der Waals surface area contributed by atoms with Crippen molar-refractivity contribution < 1.29 is 24.9 Å². The molecule has 4 fully saturated rings. The van der Waals surface area contributed by atoms with E-state index in [2.05, 4.69) is 26.1 Å². The molecule has 0 aliphatic heterocycles. The van der Waals surface area contributed by atoms with Gasteiger partial charge in [0.1, 0.15) is 0 Å². The van der Waals surface area contributed by atoms with Crippen LogP contribution in [0.2, 0.25) is 0 Å². The van der Waals surface area contributed by atoms with Crippen molar-refractivity contribution in [3.8, 4) is 0 Å². The second-order valence-electron chi connectivity index (χ2n) is 12.3. The largest absolute Gasteiger partial charge is 0.481 e. The van der Waals surface area contributed by atoms with Crippen molar-refractivity contribution in [1.82, 2.24) is 5.32 Å². The molecule has 0 radical (unpaired) electrons. The Balaban J connectivity index is 1.54. The van der Waals surface area contributed by atoms with Gasteiger partial charge in [-0.15, -0.1) is 0 Å². The average Bonchev–Trinajstić information content (AvgIpc) is 3.12. The van der Waals surface area contributed by atoms with E-state index in [1.807, 2.05) is 0 Å². The lowest BCUT2D eigenvalue weighted by Crippen LogP contribution is -2.63. The molecule has 11 atom stereocenters. The van der Waals surface area contributed by atoms with Crippen LogP contribution in [0.15, 0.2) is 0 Å². The lowest BCUT2D eigenvalue weighted by molar-refractivity contribution is -0.202. The normalized spacial score (nSPS) is 47.7. The summed E-state index contributed by atoms with van der Waals surface area (Å²) in [6, 6.07) is 0.118. The standard InChI is InChI=1S/C26H44N2O5/c1-14(4-7-23(32)33)17-5-6-18-24-19(12-21(30)26(17,18)3)25(2)9-8-16(28-22(31)13-27)10-15(25)11-20(24)29/h14-21,24,29-30H,4-13,27H2,1-3H3,(H,28,31)(H,32,33)/t14-,15+,16+,17-,18+,19+,20?,21?,24+,25+,26-/m1/s1. The highest BCUT2D eigenvalue weighted by Gasteiger charge is 2.65. The van der Waals surface area contributed by atoms with Gasteiger partial charge in [-0.25, -0.2) is 0 Å². The molecule has 0 aromatic heterocycles. The van der Waals surface area contributed by atoms with Crippen LogP contribution in [0.5, 0.6) is 0 Å². The number of carbonyl (C=O) groups excluding carboxylic acids is 1. The fourth-order valence-electron chi connectivity index (χ4n) is 9.12. The number of aliphatic carboxylic acids is 1. The Morgan fingerprint density at radius 1 is 1.09 bits per heavy atom. The van der Waals surface area contributed by atoms with Crippen molar-refractivity contribution in [2.24, 2.45) is 52.1 Å². The van der Waals surface area contributed by atoms with Crippen LogP contribution in [0, 0.1) is 46.3 Å². The number of nitrogens with two attached hydrogens (primary N) is 1. The molecule has 0 aromatic carbocycles. The zero-order valence-electron chi connectivity index (χ0n) is 20.5. The predicted octanol–water partition coefficient (Wildman–Crippen LogP) is 2.53. The van der Waals surface area contributed by atoms with Gasteiger partial charge in [0.15, 0.2) is 0 Å². The van der Waals surface area contributed by atoms with Crippen LogP contribution in [0.4, 0.5) is 0 Å². The number of nitrogens with one attached hydrogen (secondary N) is 1. The van der Waals surface area contributed by atoms with Gasteiger partial charge in [-0.3, -0.25) is 9.59 Å². The van der Waals surface area contributed by atoms with Crippen LogP contribution >= 0.6 is 0 Å². The monoisotopic (exact) mass is 464 g/mol. The molecule has 1 amide bonds. The van der Waals surface area contributed by atoms with Gasteiger partial charge >= 0.3 is 5.97 Å². The van der Waals surface area contributed by atoms with Gasteiger partial charge in [-0.2, -0.15) is 0 Å². The molecule has 0 bridgehead atoms. The summed E-state index contributed by atoms with van der Waals surface area (Å²) in [7, 11) is 0. The van der Waals surface area contributed by atoms with Crippen molar-refractivity contribution >= 4 is 11.9 Å². The molecule has 188 valence electrons. The number of carbonyl (C=O) groups is 2. The van der Waals surface area contributed by atoms with Crippen LogP contribution in [0.3, 0.4) is 0 Å². The van der Waals surface area contributed by atoms with E-state index in [4.69, 9.17) is 10.8 Å². The Hall–Kier alpha value is -1.18. The minimum absolute atomic E-state index is 0.00423. The highest BCUT2D eigenvalue weighted by molar-refractivity contribution is 5.78. The first-order chi connectivity index (χ1) is 15.5. The summed E-state index contributed by atoms with van der Waals surface area (Å²) in [5.74, 6) is 0.719. The van der Waals surface area contributed by atoms with Crippen LogP contribution in [0.25, 0.3) is 0 Å². The predicted molar refractivity (Wildman–Crippen MR) is 125 cm³/mol. The van der Waals surface area contributed by atoms with Gasteiger partial charge in [-0.1, -0.05) is 20.8 Å². The number of hydrogen-bond donors (Lipinski definition) is 5. The molecule has 4 aliphatic rings. The smallest absolute Gasteiger partial charge is 0.303 e. The van der Waals surface area contributed by atoms with E-state index in [1.165, 1.54) is 0 Å². The summed E-state index contributed by atoms with van der Waals surface area (Å²) in [5, 5.41) is 35.3. The summed E-state index contributed by atoms with van der Waals surface area (Å²) in [5.41, 5.74) is 5.28. The zero-order chi connectivity index (χ0) is 24.1. The van der Waals surface area contributed by atoms with Crippen molar-refractivity contribution in [1.29, 1.82) is 0 Å². The lowest BCUT2D eigenvalue weighted by atomic mass is 9.43. The first kappa shape index (κ1) is 24.9. The molecule has 2 unspecified atom stereocenters. The SMILES string of the molecule is C[C@H](CCC(=O)O)[C@H]1CC[C@H]2[C@@H]3C(O)C[C@@H]4C[C@@H](NC(=O)CN)CC[C@]4(C)[C@H]3CC(O)[C@]12C. The van der Waals surface area contributed by atoms with E-state index in [1.54, 1.807) is 0 Å². The number of carboxylic acid groups (broad SMARTS) is 1. The molecule has 4 rings (SSSR count). The van der Waals surface area contributed by atoms with E-state index in [0.29, 0.717) is 18.8 Å². The first-order valence-electron chi connectivity index (χ1n) is 13.1. The van der Waals surface area contributed by atoms with Crippen LogP contribution in [-0.2, 0) is 9.59 Å². The van der Waals surface area contributed by atoms with Crippen LogP contribution < -0.4 is 11.1 Å². The zero-order valence-corrected chi connectivity index (χ0v) is 20.5. The number of aliphatic hydroxyl groups is 2. The third kappa shape index (κ3) is 4.12. The molecule has 0 spiro atoms. The second kappa shape index (κ2) is 9.12. The molecule has 0 saturated heterocycles. The molecule has 7 heteroatoms. The maximum Gasteiger partial charge on any atom is 0.303 e. The quantitative estimate of drug-likeness (QED) is 0.410. The summed E-state index contributed by atoms with van der Waals surface area (Å²) in [6.45, 7) is 6.73. The topological polar surface area (TPSA) is 133 Å². The summed E-state index contributed by atoms with van der Waals surface area (Å²) in [6.07, 6.45) is 6.26. The van der Waals surface area contributed by atoms with E-state index >= 15 is 0 Å². The first-order valence-corrected chi connectivity index (χ1v) is 13.1. The molecule has 4 saturated carbocycles. The van der Waals surface area contributed by atoms with Crippen molar-refractivity contribution in [3.63, 3.8) is 0 Å². The molecule has 6 N–H and O–H groups in total. The Kier molecular flexibility index (Phi) is 6.89. The number of rotatable bonds is 6. The Labute approximate surface area is 197 Å². The van der Waals surface area contributed by atoms with Crippen molar-refractivity contribution in [2.75, 3.05) is 6.54 Å². The third-order valence-corrected chi connectivity index (χ3v) is 10.9. The maximum absolute atomic E-state index is 11.8. The lowest BCUT2D eigenvalue weighted by Gasteiger charge is -2.63. The highest BCUT2D eigenvalue weighted by atomic mass is 16.4. The fourth-order valence-corrected chi connectivity index (χ4v) is 9.12. The van der Waals surface area contributed by atoms with Gasteiger partial charge in [0.25, 0.3) is 0 Å². The average molecular weight is 465 g/mol. The molecular formula is C26H44N2O5. The summed E-state index contributed by atoms with van der Waals surface area (Å²) in [4.78, 5) is 23.0. The number of fused-ring (bicyclic) bond motifs is 5. The highest BCUT2D eigenvalue weighted by Crippen LogP contribution is 2.68. The third-order valence-electron chi connectivity index (χ3n) is 10.9. The molecule has 33 heavy (non-hydrogen) atoms. The minimum atomic E-state index is -0.759. The molecule has 0 aromatic rings. The second-order valence-corrected chi connectivity index (χ2v) is 12.3. The fraction of sp³-hybridized carbons (Fsp3) is 0.923. The number of hydrogen-bond acceptors (Lipinski definition) is 5. The van der Waals surface area contributed by atoms with Gasteiger partial charge < -0.3 is 26.4 Å². The van der Waals surface area contributed by atoms with Gasteiger partial charge in [0.05, 0.1) is 18.8 Å². The Morgan fingerprint density at radius 3 is 2.48 bits per heavy atom. The van der Waals surface area contributed by atoms with Crippen molar-refractivity contribution in [2.45, 2.75) is 96.8 Å². The molecule has 4 aliphatic carbocycles. The Morgan fingerprint density at radius 2 is 1.82 bits per heavy atom. The molecule has 7 nitrogen and oxygen atoms in total. The maximum atomic E-state index is 11.8. The van der Waals surface area contributed by atoms with Crippen LogP contribution in [-0.4, -0.2) is 52.0 Å². The molecule has 0 heterocycles. The van der Waals surface area contributed by atoms with E-state index in [0.717, 1.165) is 38.5 Å². The van der Waals surface area contributed by atoms with Gasteiger partial charge in [0.2, 0.25) is 5.91 Å². The summed E-state index contributed by atoms with van der Waals surface area (Å²) < 4.78 is 0. The van der Waals surface area contributed by atoms with E-state index in [-0.39, 0.29) is 71.4 Å². The van der Waals surface area contributed by atoms with Gasteiger partial charge in [0, 0.05) is 12.5 Å². The minimum Gasteiger partial charge on any atom is -0.481 e. The number of aliphatic hydroxyl groups excluding tert-OH is 2. The Bertz CT molecular complexity index is 761. The summed E-state index contributed by atoms with van der Waals surface area (Å²) >= 11 is 0. The van der Waals surface area contributed by atoms with Crippen LogP contribution in [0.1, 0.15) is 78.6 Å². The van der Waals surface area contributed by atoms with Gasteiger partial charge in [-0.05, 0) is 97.7 Å². The molecular weight excluding hydrogens is 420 g/mol.